The molecule has 0 fully saturated rings. The molecule has 0 aliphatic heterocycles. The summed E-state index contributed by atoms with van der Waals surface area (Å²) in [6.45, 7) is 7.52. The Hall–Kier alpha value is -3.53. The van der Waals surface area contributed by atoms with Gasteiger partial charge in [-0.05, 0) is 88.6 Å². The topological polar surface area (TPSA) is 113 Å². The number of aromatic nitrogens is 1. The van der Waals surface area contributed by atoms with Crippen LogP contribution in [0.15, 0.2) is 60.7 Å². The molecule has 39 heavy (non-hydrogen) atoms. The molecule has 4 rings (SSSR count). The second-order valence-corrected chi connectivity index (χ2v) is 11.1. The SMILES string of the molecule is C/C=C(/c1ccc(OC2CCc3c(Oc4ccc(OCCC(C)(C)O)nc4C)cccc32)cc1)[S+]([O-])NC=O. The Kier molecular flexibility index (Phi) is 9.16. The van der Waals surface area contributed by atoms with Crippen LogP contribution in [0.1, 0.15) is 62.1 Å². The number of benzene rings is 2. The summed E-state index contributed by atoms with van der Waals surface area (Å²) in [5.41, 5.74) is 2.86. The van der Waals surface area contributed by atoms with E-state index >= 15 is 0 Å². The van der Waals surface area contributed by atoms with Gasteiger partial charge in [-0.3, -0.25) is 4.79 Å². The first kappa shape index (κ1) is 28.5. The highest BCUT2D eigenvalue weighted by Gasteiger charge is 2.27. The predicted molar refractivity (Wildman–Crippen MR) is 151 cm³/mol. The van der Waals surface area contributed by atoms with E-state index in [9.17, 15) is 14.5 Å². The number of rotatable bonds is 12. The van der Waals surface area contributed by atoms with Crippen LogP contribution in [0, 0.1) is 6.92 Å². The first-order chi connectivity index (χ1) is 18.7. The van der Waals surface area contributed by atoms with Gasteiger partial charge in [-0.2, -0.15) is 4.72 Å². The lowest BCUT2D eigenvalue weighted by atomic mass is 10.1. The lowest BCUT2D eigenvalue weighted by Gasteiger charge is -2.18. The number of aryl methyl sites for hydroxylation is 1. The number of amides is 1. The van der Waals surface area contributed by atoms with E-state index < -0.39 is 17.0 Å². The second kappa shape index (κ2) is 12.5. The maximum absolute atomic E-state index is 12.2. The van der Waals surface area contributed by atoms with Crippen molar-refractivity contribution in [1.29, 1.82) is 0 Å². The van der Waals surface area contributed by atoms with Crippen molar-refractivity contribution >= 4 is 22.7 Å². The van der Waals surface area contributed by atoms with Gasteiger partial charge in [0, 0.05) is 23.6 Å². The van der Waals surface area contributed by atoms with E-state index in [0.717, 1.165) is 35.3 Å². The van der Waals surface area contributed by atoms with Crippen molar-refractivity contribution in [3.8, 4) is 23.1 Å². The molecule has 1 amide bonds. The number of aliphatic hydroxyl groups is 1. The molecule has 0 saturated heterocycles. The maximum atomic E-state index is 12.2. The van der Waals surface area contributed by atoms with Crippen LogP contribution in [0.3, 0.4) is 0 Å². The molecule has 9 heteroatoms. The van der Waals surface area contributed by atoms with Crippen molar-refractivity contribution in [1.82, 2.24) is 9.71 Å². The van der Waals surface area contributed by atoms with Gasteiger partial charge in [0.15, 0.2) is 4.91 Å². The molecule has 2 N–H and O–H groups in total. The lowest BCUT2D eigenvalue weighted by molar-refractivity contribution is -0.108. The average Bonchev–Trinajstić information content (AvgIpc) is 3.30. The number of nitrogens with zero attached hydrogens (tertiary/aromatic N) is 1. The molecule has 8 nitrogen and oxygen atoms in total. The highest BCUT2D eigenvalue weighted by atomic mass is 32.2. The van der Waals surface area contributed by atoms with Crippen LogP contribution in [0.2, 0.25) is 0 Å². The molecule has 0 bridgehead atoms. The molecule has 0 saturated carbocycles. The smallest absolute Gasteiger partial charge is 0.249 e. The standard InChI is InChI=1S/C30H34N2O6S/c1-5-28(39(35)31-19-33)21-9-11-22(12-10-21)37-27-14-13-24-23(27)7-6-8-26(24)38-25-15-16-29(32-20(25)2)36-18-17-30(3,4)34/h5-12,15-16,19,27,34H,13-14,17-18H2,1-4H3,(H,31,33)/b28-5-. The quantitative estimate of drug-likeness (QED) is 0.224. The first-order valence-electron chi connectivity index (χ1n) is 12.9. The van der Waals surface area contributed by atoms with Gasteiger partial charge in [0.1, 0.15) is 34.7 Å². The van der Waals surface area contributed by atoms with Crippen LogP contribution in [0.5, 0.6) is 23.1 Å². The van der Waals surface area contributed by atoms with Crippen molar-refractivity contribution in [2.45, 2.75) is 58.7 Å². The molecule has 1 aliphatic carbocycles. The summed E-state index contributed by atoms with van der Waals surface area (Å²) in [4.78, 5) is 15.7. The highest BCUT2D eigenvalue weighted by Crippen LogP contribution is 2.41. The molecule has 2 aromatic carbocycles. The van der Waals surface area contributed by atoms with Gasteiger partial charge in [-0.15, -0.1) is 0 Å². The van der Waals surface area contributed by atoms with Gasteiger partial charge in [-0.1, -0.05) is 12.1 Å². The molecule has 206 valence electrons. The van der Waals surface area contributed by atoms with Crippen molar-refractivity contribution in [3.05, 3.63) is 83.1 Å². The molecule has 0 radical (unpaired) electrons. The predicted octanol–water partition coefficient (Wildman–Crippen LogP) is 5.56. The van der Waals surface area contributed by atoms with Crippen molar-refractivity contribution in [3.63, 3.8) is 0 Å². The summed E-state index contributed by atoms with van der Waals surface area (Å²) in [7, 11) is 0. The number of ether oxygens (including phenoxy) is 3. The summed E-state index contributed by atoms with van der Waals surface area (Å²) in [6, 6.07) is 16.9. The van der Waals surface area contributed by atoms with Crippen molar-refractivity contribution in [2.75, 3.05) is 6.61 Å². The van der Waals surface area contributed by atoms with Gasteiger partial charge in [0.05, 0.1) is 17.9 Å². The highest BCUT2D eigenvalue weighted by molar-refractivity contribution is 7.99. The lowest BCUT2D eigenvalue weighted by Crippen LogP contribution is -2.22. The number of hydrogen-bond acceptors (Lipinski definition) is 7. The van der Waals surface area contributed by atoms with Gasteiger partial charge in [-0.25, -0.2) is 4.98 Å². The van der Waals surface area contributed by atoms with Crippen LogP contribution in [-0.2, 0) is 22.6 Å². The minimum Gasteiger partial charge on any atom is -0.588 e. The Morgan fingerprint density at radius 3 is 2.62 bits per heavy atom. The molecular formula is C30H34N2O6S. The monoisotopic (exact) mass is 550 g/mol. The zero-order valence-electron chi connectivity index (χ0n) is 22.6. The Morgan fingerprint density at radius 2 is 1.95 bits per heavy atom. The fourth-order valence-electron chi connectivity index (χ4n) is 4.39. The Labute approximate surface area is 232 Å². The third-order valence-electron chi connectivity index (χ3n) is 6.40. The van der Waals surface area contributed by atoms with Crippen LogP contribution >= 0.6 is 0 Å². The fourth-order valence-corrected chi connectivity index (χ4v) is 5.17. The second-order valence-electron chi connectivity index (χ2n) is 9.90. The van der Waals surface area contributed by atoms with Gasteiger partial charge in [0.25, 0.3) is 0 Å². The molecule has 3 aromatic rings. The molecule has 0 spiro atoms. The van der Waals surface area contributed by atoms with Gasteiger partial charge < -0.3 is 23.9 Å². The van der Waals surface area contributed by atoms with E-state index in [1.54, 1.807) is 32.9 Å². The number of carbonyl (C=O) groups excluding carboxylic acids is 1. The Morgan fingerprint density at radius 1 is 1.18 bits per heavy atom. The zero-order valence-corrected chi connectivity index (χ0v) is 23.4. The van der Waals surface area contributed by atoms with Crippen molar-refractivity contribution in [2.24, 2.45) is 0 Å². The normalized spacial score (nSPS) is 15.8. The summed E-state index contributed by atoms with van der Waals surface area (Å²) in [6.07, 6.45) is 4.16. The number of allylic oxidation sites excluding steroid dienone is 1. The summed E-state index contributed by atoms with van der Waals surface area (Å²) in [5.74, 6) is 2.62. The third kappa shape index (κ3) is 7.32. The number of hydrogen-bond donors (Lipinski definition) is 2. The van der Waals surface area contributed by atoms with Crippen molar-refractivity contribution < 1.29 is 28.7 Å². The Bertz CT molecular complexity index is 1320. The summed E-state index contributed by atoms with van der Waals surface area (Å²) >= 11 is -1.61. The van der Waals surface area contributed by atoms with E-state index in [1.165, 1.54) is 0 Å². The summed E-state index contributed by atoms with van der Waals surface area (Å²) in [5, 5.41) is 9.86. The number of nitrogens with one attached hydrogen (secondary N) is 1. The van der Waals surface area contributed by atoms with E-state index in [-0.39, 0.29) is 6.10 Å². The van der Waals surface area contributed by atoms with Crippen LogP contribution < -0.4 is 18.9 Å². The largest absolute Gasteiger partial charge is 0.588 e. The fraction of sp³-hybridized carbons (Fsp3) is 0.333. The van der Waals surface area contributed by atoms with Crippen LogP contribution in [0.25, 0.3) is 4.91 Å². The number of pyridine rings is 1. The van der Waals surface area contributed by atoms with E-state index in [4.69, 9.17) is 14.2 Å². The van der Waals surface area contributed by atoms with E-state index in [2.05, 4.69) is 15.8 Å². The average molecular weight is 551 g/mol. The molecule has 2 atom stereocenters. The minimum absolute atomic E-state index is 0.118. The zero-order chi connectivity index (χ0) is 28.0. The number of fused-ring (bicyclic) bond motifs is 1. The molecule has 1 aliphatic rings. The van der Waals surface area contributed by atoms with Gasteiger partial charge in [0.2, 0.25) is 12.3 Å². The molecule has 1 aromatic heterocycles. The van der Waals surface area contributed by atoms with E-state index in [0.29, 0.717) is 47.4 Å². The Balaban J connectivity index is 1.43. The van der Waals surface area contributed by atoms with Gasteiger partial charge >= 0.3 is 0 Å². The third-order valence-corrected chi connectivity index (χ3v) is 7.58. The van der Waals surface area contributed by atoms with E-state index in [1.807, 2.05) is 49.4 Å². The van der Waals surface area contributed by atoms with Crippen LogP contribution in [-0.4, -0.2) is 33.3 Å². The molecule has 1 heterocycles. The van der Waals surface area contributed by atoms with Crippen LogP contribution in [0.4, 0.5) is 0 Å². The minimum atomic E-state index is -1.61. The molecular weight excluding hydrogens is 516 g/mol. The summed E-state index contributed by atoms with van der Waals surface area (Å²) < 4.78 is 32.8. The number of carbonyl (C=O) groups is 1. The maximum Gasteiger partial charge on any atom is 0.249 e. The molecule has 2 unspecified atom stereocenters. The first-order valence-corrected chi connectivity index (χ1v) is 14.0.